The second kappa shape index (κ2) is 6.08. The molecule has 1 heterocycles. The summed E-state index contributed by atoms with van der Waals surface area (Å²) >= 11 is 0. The molecule has 0 radical (unpaired) electrons. The lowest BCUT2D eigenvalue weighted by molar-refractivity contribution is 0.376. The molecule has 6 heteroatoms. The number of aryl methyl sites for hydroxylation is 2. The van der Waals surface area contributed by atoms with E-state index in [1.807, 2.05) is 32.0 Å². The number of aromatic nitrogens is 1. The van der Waals surface area contributed by atoms with E-state index in [0.717, 1.165) is 29.0 Å². The van der Waals surface area contributed by atoms with Crippen molar-refractivity contribution >= 4 is 5.69 Å². The number of benzene rings is 2. The van der Waals surface area contributed by atoms with Crippen LogP contribution in [-0.4, -0.2) is 5.16 Å². The molecule has 3 aromatic rings. The first-order chi connectivity index (χ1) is 11.0. The Labute approximate surface area is 131 Å². The van der Waals surface area contributed by atoms with Crippen LogP contribution in [0.1, 0.15) is 11.5 Å². The van der Waals surface area contributed by atoms with Crippen molar-refractivity contribution < 1.29 is 18.1 Å². The van der Waals surface area contributed by atoms with Crippen LogP contribution >= 0.6 is 0 Å². The highest BCUT2D eigenvalue weighted by Crippen LogP contribution is 2.29. The molecule has 0 spiro atoms. The number of hydrogen-bond acceptors (Lipinski definition) is 4. The third-order valence-electron chi connectivity index (χ3n) is 3.36. The molecule has 0 atom stereocenters. The van der Waals surface area contributed by atoms with Gasteiger partial charge in [-0.1, -0.05) is 17.3 Å². The number of nitrogens with one attached hydrogen (secondary N) is 1. The van der Waals surface area contributed by atoms with Gasteiger partial charge in [-0.25, -0.2) is 14.3 Å². The van der Waals surface area contributed by atoms with Crippen LogP contribution in [0.3, 0.4) is 0 Å². The molecule has 3 rings (SSSR count). The average Bonchev–Trinajstić information content (AvgIpc) is 2.86. The van der Waals surface area contributed by atoms with Gasteiger partial charge in [0.15, 0.2) is 11.6 Å². The zero-order valence-electron chi connectivity index (χ0n) is 12.6. The lowest BCUT2D eigenvalue weighted by atomic mass is 10.0. The third kappa shape index (κ3) is 3.15. The first-order valence-corrected chi connectivity index (χ1v) is 6.96. The largest absolute Gasteiger partial charge is 0.379 e. The van der Waals surface area contributed by atoms with Crippen LogP contribution in [0, 0.1) is 25.5 Å². The molecular formula is C17H14F2N2O2. The van der Waals surface area contributed by atoms with Crippen molar-refractivity contribution in [1.29, 1.82) is 0 Å². The van der Waals surface area contributed by atoms with Gasteiger partial charge in [0.2, 0.25) is 0 Å². The molecule has 23 heavy (non-hydrogen) atoms. The summed E-state index contributed by atoms with van der Waals surface area (Å²) in [4.78, 5) is 5.18. The summed E-state index contributed by atoms with van der Waals surface area (Å²) < 4.78 is 31.6. The summed E-state index contributed by atoms with van der Waals surface area (Å²) in [7, 11) is 0. The van der Waals surface area contributed by atoms with Crippen LogP contribution < -0.4 is 10.3 Å². The van der Waals surface area contributed by atoms with E-state index in [4.69, 9.17) is 9.36 Å². The zero-order valence-corrected chi connectivity index (χ0v) is 12.6. The van der Waals surface area contributed by atoms with Gasteiger partial charge in [0, 0.05) is 11.6 Å². The summed E-state index contributed by atoms with van der Waals surface area (Å²) in [6.07, 6.45) is 0. The summed E-state index contributed by atoms with van der Waals surface area (Å²) in [5.41, 5.74) is 5.85. The number of anilines is 1. The van der Waals surface area contributed by atoms with Crippen LogP contribution in [0.2, 0.25) is 0 Å². The number of halogens is 2. The molecule has 0 amide bonds. The molecule has 1 N–H and O–H groups in total. The van der Waals surface area contributed by atoms with Crippen LogP contribution in [0.15, 0.2) is 47.0 Å². The van der Waals surface area contributed by atoms with Crippen molar-refractivity contribution in [3.05, 3.63) is 65.6 Å². The topological polar surface area (TPSA) is 47.3 Å². The van der Waals surface area contributed by atoms with Crippen molar-refractivity contribution in [3.63, 3.8) is 0 Å². The lowest BCUT2D eigenvalue weighted by Crippen LogP contribution is -2.06. The minimum atomic E-state index is -0.778. The summed E-state index contributed by atoms with van der Waals surface area (Å²) in [5.74, 6) is -0.811. The van der Waals surface area contributed by atoms with Crippen molar-refractivity contribution in [1.82, 2.24) is 5.16 Å². The quantitative estimate of drug-likeness (QED) is 0.712. The molecule has 0 saturated heterocycles. The highest BCUT2D eigenvalue weighted by atomic mass is 19.1. The summed E-state index contributed by atoms with van der Waals surface area (Å²) in [6, 6.07) is 10.4. The van der Waals surface area contributed by atoms with E-state index in [-0.39, 0.29) is 5.75 Å². The fourth-order valence-corrected chi connectivity index (χ4v) is 2.31. The highest BCUT2D eigenvalue weighted by molar-refractivity contribution is 5.71. The van der Waals surface area contributed by atoms with Gasteiger partial charge in [0.05, 0.1) is 11.4 Å². The second-order valence-corrected chi connectivity index (χ2v) is 5.06. The number of nitrogens with zero attached hydrogens (tertiary/aromatic N) is 1. The maximum absolute atomic E-state index is 13.5. The van der Waals surface area contributed by atoms with Gasteiger partial charge in [0.1, 0.15) is 11.6 Å². The van der Waals surface area contributed by atoms with E-state index in [1.54, 1.807) is 6.07 Å². The summed E-state index contributed by atoms with van der Waals surface area (Å²) in [5, 5.41) is 3.92. The van der Waals surface area contributed by atoms with E-state index in [9.17, 15) is 8.78 Å². The molecule has 4 nitrogen and oxygen atoms in total. The Morgan fingerprint density at radius 2 is 1.91 bits per heavy atom. The Hall–Kier alpha value is -2.89. The summed E-state index contributed by atoms with van der Waals surface area (Å²) in [6.45, 7) is 3.69. The van der Waals surface area contributed by atoms with Gasteiger partial charge < -0.3 is 9.36 Å². The van der Waals surface area contributed by atoms with E-state index in [1.165, 1.54) is 6.07 Å². The lowest BCUT2D eigenvalue weighted by Gasteiger charge is -2.10. The molecule has 0 aliphatic carbocycles. The highest BCUT2D eigenvalue weighted by Gasteiger charge is 2.12. The van der Waals surface area contributed by atoms with Gasteiger partial charge in [-0.15, -0.1) is 0 Å². The van der Waals surface area contributed by atoms with E-state index < -0.39 is 11.6 Å². The van der Waals surface area contributed by atoms with Crippen LogP contribution in [0.4, 0.5) is 14.5 Å². The van der Waals surface area contributed by atoms with E-state index >= 15 is 0 Å². The minimum Gasteiger partial charge on any atom is -0.379 e. The smallest absolute Gasteiger partial charge is 0.190 e. The van der Waals surface area contributed by atoms with Gasteiger partial charge >= 0.3 is 0 Å². The molecular weight excluding hydrogens is 302 g/mol. The predicted molar refractivity (Wildman–Crippen MR) is 82.0 cm³/mol. The van der Waals surface area contributed by atoms with Crippen LogP contribution in [-0.2, 0) is 0 Å². The maximum Gasteiger partial charge on any atom is 0.190 e. The fraction of sp³-hybridized carbons (Fsp3) is 0.118. The second-order valence-electron chi connectivity index (χ2n) is 5.06. The Morgan fingerprint density at radius 1 is 1.09 bits per heavy atom. The zero-order chi connectivity index (χ0) is 16.4. The fourth-order valence-electron chi connectivity index (χ4n) is 2.31. The minimum absolute atomic E-state index is 0.0888. The van der Waals surface area contributed by atoms with Gasteiger partial charge in [-0.2, -0.15) is 0 Å². The van der Waals surface area contributed by atoms with Gasteiger partial charge in [-0.3, -0.25) is 0 Å². The Balaban J connectivity index is 1.81. The number of hydrogen-bond donors (Lipinski definition) is 1. The monoisotopic (exact) mass is 316 g/mol. The van der Waals surface area contributed by atoms with Gasteiger partial charge in [0.25, 0.3) is 0 Å². The maximum atomic E-state index is 13.5. The van der Waals surface area contributed by atoms with E-state index in [2.05, 4.69) is 10.6 Å². The van der Waals surface area contributed by atoms with E-state index in [0.29, 0.717) is 11.4 Å². The molecule has 0 unspecified atom stereocenters. The van der Waals surface area contributed by atoms with Crippen molar-refractivity contribution in [2.75, 3.05) is 5.48 Å². The standard InChI is InChI=1S/C17H14F2N2O2/c1-10-17(11(2)22-20-10)12-4-3-5-14(8-12)21-23-16-7-6-13(18)9-15(16)19/h3-9,21H,1-2H3. The SMILES string of the molecule is Cc1noc(C)c1-c1cccc(NOc2ccc(F)cc2F)c1. The molecule has 2 aromatic carbocycles. The Kier molecular flexibility index (Phi) is 3.97. The molecule has 0 fully saturated rings. The van der Waals surface area contributed by atoms with Crippen LogP contribution in [0.25, 0.3) is 11.1 Å². The molecule has 0 aliphatic rings. The predicted octanol–water partition coefficient (Wildman–Crippen LogP) is 4.64. The first kappa shape index (κ1) is 15.0. The van der Waals surface area contributed by atoms with Crippen molar-refractivity contribution in [3.8, 4) is 16.9 Å². The van der Waals surface area contributed by atoms with Crippen LogP contribution in [0.5, 0.6) is 5.75 Å². The molecule has 0 aliphatic heterocycles. The Bertz CT molecular complexity index is 827. The molecule has 118 valence electrons. The molecule has 1 aromatic heterocycles. The van der Waals surface area contributed by atoms with Crippen molar-refractivity contribution in [2.45, 2.75) is 13.8 Å². The average molecular weight is 316 g/mol. The normalized spacial score (nSPS) is 10.6. The van der Waals surface area contributed by atoms with Crippen molar-refractivity contribution in [2.24, 2.45) is 0 Å². The Morgan fingerprint density at radius 3 is 2.61 bits per heavy atom. The molecule has 0 bridgehead atoms. The first-order valence-electron chi connectivity index (χ1n) is 6.96. The number of rotatable bonds is 4. The molecule has 0 saturated carbocycles. The third-order valence-corrected chi connectivity index (χ3v) is 3.36. The van der Waals surface area contributed by atoms with Gasteiger partial charge in [-0.05, 0) is 43.7 Å².